The number of rotatable bonds is 10. The Morgan fingerprint density at radius 1 is 1.04 bits per heavy atom. The van der Waals surface area contributed by atoms with Crippen molar-refractivity contribution in [1.82, 2.24) is 5.32 Å². The smallest absolute Gasteiger partial charge is 0.232 e. The summed E-state index contributed by atoms with van der Waals surface area (Å²) in [6.07, 6.45) is 3.74. The van der Waals surface area contributed by atoms with Gasteiger partial charge in [-0.15, -0.1) is 0 Å². The number of anilines is 1. The quantitative estimate of drug-likeness (QED) is 0.679. The number of para-hydroxylation sites is 1. The lowest BCUT2D eigenvalue weighted by molar-refractivity contribution is -0.121. The van der Waals surface area contributed by atoms with E-state index >= 15 is 0 Å². The predicted molar refractivity (Wildman–Crippen MR) is 110 cm³/mol. The minimum atomic E-state index is -3.38. The van der Waals surface area contributed by atoms with Gasteiger partial charge in [0.25, 0.3) is 0 Å². The van der Waals surface area contributed by atoms with Gasteiger partial charge in [-0.2, -0.15) is 0 Å². The molecule has 2 aromatic carbocycles. The molecule has 0 aliphatic heterocycles. The number of hydrogen-bond donors (Lipinski definition) is 1. The minimum absolute atomic E-state index is 0.0444. The van der Waals surface area contributed by atoms with Gasteiger partial charge >= 0.3 is 0 Å². The van der Waals surface area contributed by atoms with Gasteiger partial charge in [0.05, 0.1) is 11.9 Å². The van der Waals surface area contributed by atoms with Crippen LogP contribution in [0, 0.1) is 0 Å². The number of nitrogens with one attached hydrogen (secondary N) is 1. The van der Waals surface area contributed by atoms with Gasteiger partial charge in [-0.25, -0.2) is 8.42 Å². The third-order valence-electron chi connectivity index (χ3n) is 4.33. The fourth-order valence-electron chi connectivity index (χ4n) is 2.91. The van der Waals surface area contributed by atoms with Crippen molar-refractivity contribution in [3.63, 3.8) is 0 Å². The van der Waals surface area contributed by atoms with E-state index in [0.717, 1.165) is 12.8 Å². The van der Waals surface area contributed by atoms with Crippen LogP contribution < -0.4 is 9.62 Å². The summed E-state index contributed by atoms with van der Waals surface area (Å²) in [5.74, 6) is -0.0444. The first-order valence-electron chi connectivity index (χ1n) is 9.22. The van der Waals surface area contributed by atoms with Gasteiger partial charge in [0, 0.05) is 19.0 Å². The van der Waals surface area contributed by atoms with Crippen LogP contribution >= 0.6 is 0 Å². The second-order valence-corrected chi connectivity index (χ2v) is 8.67. The summed E-state index contributed by atoms with van der Waals surface area (Å²) in [5, 5.41) is 3.00. The Morgan fingerprint density at radius 2 is 1.63 bits per heavy atom. The second kappa shape index (κ2) is 10.1. The molecule has 0 saturated heterocycles. The van der Waals surface area contributed by atoms with E-state index in [1.165, 1.54) is 16.1 Å². The Kier molecular flexibility index (Phi) is 7.85. The molecule has 0 heterocycles. The second-order valence-electron chi connectivity index (χ2n) is 6.77. The molecular formula is C21H28N2O3S. The summed E-state index contributed by atoms with van der Waals surface area (Å²) in [5.41, 5.74) is 1.88. The third kappa shape index (κ3) is 7.43. The molecule has 0 spiro atoms. The molecule has 0 aromatic heterocycles. The number of benzene rings is 2. The SMILES string of the molecule is C[C@@H](CCc1ccccc1)NC(=O)CCCN(c1ccccc1)S(C)(=O)=O. The van der Waals surface area contributed by atoms with E-state index in [1.54, 1.807) is 24.3 Å². The van der Waals surface area contributed by atoms with Crippen molar-refractivity contribution in [1.29, 1.82) is 0 Å². The standard InChI is InChI=1S/C21H28N2O3S/c1-18(15-16-19-10-5-3-6-11-19)22-21(24)14-9-17-23(27(2,25)26)20-12-7-4-8-13-20/h3-8,10-13,18H,9,14-17H2,1-2H3,(H,22,24)/t18-/m0/s1. The summed E-state index contributed by atoms with van der Waals surface area (Å²) in [6, 6.07) is 19.2. The maximum absolute atomic E-state index is 12.2. The van der Waals surface area contributed by atoms with Crippen molar-refractivity contribution in [3.05, 3.63) is 66.2 Å². The fraction of sp³-hybridized carbons (Fsp3) is 0.381. The number of hydrogen-bond acceptors (Lipinski definition) is 3. The zero-order chi connectivity index (χ0) is 19.7. The summed E-state index contributed by atoms with van der Waals surface area (Å²) in [4.78, 5) is 12.2. The van der Waals surface area contributed by atoms with E-state index < -0.39 is 10.0 Å². The molecule has 0 fully saturated rings. The Morgan fingerprint density at radius 3 is 2.22 bits per heavy atom. The van der Waals surface area contributed by atoms with E-state index in [4.69, 9.17) is 0 Å². The molecule has 1 atom stereocenters. The van der Waals surface area contributed by atoms with Crippen LogP contribution in [0.4, 0.5) is 5.69 Å². The van der Waals surface area contributed by atoms with Gasteiger partial charge in [0.15, 0.2) is 0 Å². The van der Waals surface area contributed by atoms with E-state index in [0.29, 0.717) is 18.5 Å². The number of nitrogens with zero attached hydrogens (tertiary/aromatic N) is 1. The first-order valence-corrected chi connectivity index (χ1v) is 11.1. The predicted octanol–water partition coefficient (Wildman–Crippen LogP) is 3.37. The zero-order valence-electron chi connectivity index (χ0n) is 16.0. The summed E-state index contributed by atoms with van der Waals surface area (Å²) < 4.78 is 25.4. The largest absolute Gasteiger partial charge is 0.354 e. The Hall–Kier alpha value is -2.34. The van der Waals surface area contributed by atoms with Crippen molar-refractivity contribution in [2.24, 2.45) is 0 Å². The number of carbonyl (C=O) groups is 1. The number of amides is 1. The maximum atomic E-state index is 12.2. The average Bonchev–Trinajstić information content (AvgIpc) is 2.64. The van der Waals surface area contributed by atoms with Crippen molar-refractivity contribution >= 4 is 21.6 Å². The molecule has 0 radical (unpaired) electrons. The van der Waals surface area contributed by atoms with Crippen molar-refractivity contribution in [2.45, 2.75) is 38.6 Å². The zero-order valence-corrected chi connectivity index (χ0v) is 16.8. The molecular weight excluding hydrogens is 360 g/mol. The van der Waals surface area contributed by atoms with Gasteiger partial charge in [-0.1, -0.05) is 48.5 Å². The molecule has 1 N–H and O–H groups in total. The Bertz CT molecular complexity index is 808. The van der Waals surface area contributed by atoms with Crippen LogP contribution in [0.25, 0.3) is 0 Å². The van der Waals surface area contributed by atoms with Gasteiger partial charge in [-0.05, 0) is 43.9 Å². The number of sulfonamides is 1. The van der Waals surface area contributed by atoms with Gasteiger partial charge in [0.2, 0.25) is 15.9 Å². The van der Waals surface area contributed by atoms with Crippen molar-refractivity contribution in [3.8, 4) is 0 Å². The molecule has 1 amide bonds. The summed E-state index contributed by atoms with van der Waals surface area (Å²) in [6.45, 7) is 2.28. The molecule has 0 bridgehead atoms. The highest BCUT2D eigenvalue weighted by atomic mass is 32.2. The van der Waals surface area contributed by atoms with Crippen LogP contribution in [0.2, 0.25) is 0 Å². The topological polar surface area (TPSA) is 66.5 Å². The van der Waals surface area contributed by atoms with Crippen LogP contribution in [0.3, 0.4) is 0 Å². The monoisotopic (exact) mass is 388 g/mol. The van der Waals surface area contributed by atoms with E-state index in [2.05, 4.69) is 17.4 Å². The highest BCUT2D eigenvalue weighted by Gasteiger charge is 2.17. The lowest BCUT2D eigenvalue weighted by atomic mass is 10.1. The Labute approximate surface area is 162 Å². The van der Waals surface area contributed by atoms with Crippen LogP contribution in [0.1, 0.15) is 31.7 Å². The lowest BCUT2D eigenvalue weighted by Gasteiger charge is -2.22. The summed E-state index contributed by atoms with van der Waals surface area (Å²) >= 11 is 0. The molecule has 0 aliphatic rings. The molecule has 5 nitrogen and oxygen atoms in total. The van der Waals surface area contributed by atoms with Crippen LogP contribution in [-0.2, 0) is 21.2 Å². The van der Waals surface area contributed by atoms with Crippen molar-refractivity contribution < 1.29 is 13.2 Å². The van der Waals surface area contributed by atoms with E-state index in [9.17, 15) is 13.2 Å². The summed E-state index contributed by atoms with van der Waals surface area (Å²) in [7, 11) is -3.38. The number of aryl methyl sites for hydroxylation is 1. The fourth-order valence-corrected chi connectivity index (χ4v) is 3.88. The van der Waals surface area contributed by atoms with Crippen LogP contribution in [-0.4, -0.2) is 33.2 Å². The minimum Gasteiger partial charge on any atom is -0.354 e. The highest BCUT2D eigenvalue weighted by Crippen LogP contribution is 2.17. The molecule has 0 aliphatic carbocycles. The molecule has 2 rings (SSSR count). The first-order chi connectivity index (χ1) is 12.9. The first kappa shape index (κ1) is 21.0. The van der Waals surface area contributed by atoms with E-state index in [-0.39, 0.29) is 18.5 Å². The lowest BCUT2D eigenvalue weighted by Crippen LogP contribution is -2.34. The molecule has 6 heteroatoms. The van der Waals surface area contributed by atoms with Crippen LogP contribution in [0.15, 0.2) is 60.7 Å². The van der Waals surface area contributed by atoms with E-state index in [1.807, 2.05) is 31.2 Å². The maximum Gasteiger partial charge on any atom is 0.232 e. The van der Waals surface area contributed by atoms with Gasteiger partial charge in [-0.3, -0.25) is 9.10 Å². The number of carbonyl (C=O) groups excluding carboxylic acids is 1. The normalized spacial score (nSPS) is 12.4. The average molecular weight is 389 g/mol. The van der Waals surface area contributed by atoms with Gasteiger partial charge < -0.3 is 5.32 Å². The highest BCUT2D eigenvalue weighted by molar-refractivity contribution is 7.92. The Balaban J connectivity index is 1.77. The van der Waals surface area contributed by atoms with Crippen molar-refractivity contribution in [2.75, 3.05) is 17.1 Å². The molecule has 27 heavy (non-hydrogen) atoms. The van der Waals surface area contributed by atoms with Crippen LogP contribution in [0.5, 0.6) is 0 Å². The molecule has 2 aromatic rings. The molecule has 146 valence electrons. The van der Waals surface area contributed by atoms with Gasteiger partial charge in [0.1, 0.15) is 0 Å². The third-order valence-corrected chi connectivity index (χ3v) is 5.52. The molecule has 0 saturated carbocycles. The molecule has 0 unspecified atom stereocenters.